The van der Waals surface area contributed by atoms with Crippen molar-refractivity contribution in [2.45, 2.75) is 12.8 Å². The lowest BCUT2D eigenvalue weighted by molar-refractivity contribution is -0.132. The summed E-state index contributed by atoms with van der Waals surface area (Å²) in [4.78, 5) is 27.0. The molecule has 1 aliphatic rings. The number of hydrogen-bond donors (Lipinski definition) is 2. The molecule has 2 rings (SSSR count). The number of nitrogens with zero attached hydrogens (tertiary/aromatic N) is 2. The Balaban J connectivity index is 1.77. The van der Waals surface area contributed by atoms with E-state index in [-0.39, 0.29) is 18.1 Å². The van der Waals surface area contributed by atoms with Gasteiger partial charge in [-0.15, -0.1) is 0 Å². The van der Waals surface area contributed by atoms with Crippen LogP contribution in [0.3, 0.4) is 0 Å². The molecule has 0 radical (unpaired) electrons. The van der Waals surface area contributed by atoms with Gasteiger partial charge in [-0.05, 0) is 24.1 Å². The number of aliphatic hydroxyl groups excluding tert-OH is 1. The first-order chi connectivity index (χ1) is 10.6. The maximum atomic E-state index is 12.2. The van der Waals surface area contributed by atoms with Crippen molar-refractivity contribution in [3.63, 3.8) is 0 Å². The number of hydrogen-bond acceptors (Lipinski definition) is 4. The first-order valence-electron chi connectivity index (χ1n) is 7.53. The molecular formula is C16H22N2O4. The van der Waals surface area contributed by atoms with Crippen LogP contribution in [0.2, 0.25) is 0 Å². The average Bonchev–Trinajstić information content (AvgIpc) is 2.54. The van der Waals surface area contributed by atoms with Gasteiger partial charge in [0.15, 0.2) is 0 Å². The molecule has 1 amide bonds. The zero-order valence-electron chi connectivity index (χ0n) is 12.6. The number of carboxylic acids is 1. The zero-order chi connectivity index (χ0) is 15.9. The number of carbonyl (C=O) groups is 2. The van der Waals surface area contributed by atoms with Crippen molar-refractivity contribution in [2.24, 2.45) is 0 Å². The summed E-state index contributed by atoms with van der Waals surface area (Å²) in [5.41, 5.74) is 1.23. The van der Waals surface area contributed by atoms with E-state index in [1.54, 1.807) is 24.3 Å². The minimum Gasteiger partial charge on any atom is -0.478 e. The molecule has 0 saturated carbocycles. The van der Waals surface area contributed by atoms with Gasteiger partial charge in [-0.3, -0.25) is 9.69 Å². The Kier molecular flexibility index (Phi) is 5.91. The van der Waals surface area contributed by atoms with Crippen LogP contribution in [0, 0.1) is 0 Å². The van der Waals surface area contributed by atoms with Gasteiger partial charge >= 0.3 is 5.97 Å². The standard InChI is InChI=1S/C16H22N2O4/c19-12-11-17-7-9-18(10-8-17)15(20)6-3-13-1-4-14(5-2-13)16(21)22/h1-2,4-5,19H,3,6-12H2,(H,21,22). The molecule has 0 aliphatic carbocycles. The number of rotatable bonds is 6. The Morgan fingerprint density at radius 1 is 1.05 bits per heavy atom. The molecule has 0 aromatic heterocycles. The van der Waals surface area contributed by atoms with Gasteiger partial charge in [0, 0.05) is 39.1 Å². The summed E-state index contributed by atoms with van der Waals surface area (Å²) >= 11 is 0. The van der Waals surface area contributed by atoms with Gasteiger partial charge in [-0.2, -0.15) is 0 Å². The lowest BCUT2D eigenvalue weighted by Crippen LogP contribution is -2.49. The van der Waals surface area contributed by atoms with Crippen LogP contribution in [0.5, 0.6) is 0 Å². The normalized spacial score (nSPS) is 15.8. The van der Waals surface area contributed by atoms with E-state index in [4.69, 9.17) is 10.2 Å². The summed E-state index contributed by atoms with van der Waals surface area (Å²) < 4.78 is 0. The minimum absolute atomic E-state index is 0.131. The van der Waals surface area contributed by atoms with Gasteiger partial charge in [-0.1, -0.05) is 12.1 Å². The molecule has 1 aromatic rings. The summed E-state index contributed by atoms with van der Waals surface area (Å²) in [6, 6.07) is 6.65. The van der Waals surface area contributed by atoms with Crippen LogP contribution in [0.4, 0.5) is 0 Å². The van der Waals surface area contributed by atoms with Crippen molar-refractivity contribution in [3.8, 4) is 0 Å². The quantitative estimate of drug-likeness (QED) is 0.798. The lowest BCUT2D eigenvalue weighted by Gasteiger charge is -2.34. The molecule has 1 aliphatic heterocycles. The number of aromatic carboxylic acids is 1. The molecule has 1 aromatic carbocycles. The monoisotopic (exact) mass is 306 g/mol. The predicted octanol–water partition coefficient (Wildman–Crippen LogP) is 0.454. The molecule has 1 heterocycles. The molecule has 0 spiro atoms. The second-order valence-corrected chi connectivity index (χ2v) is 5.45. The Morgan fingerprint density at radius 3 is 2.23 bits per heavy atom. The second-order valence-electron chi connectivity index (χ2n) is 5.45. The third-order valence-electron chi connectivity index (χ3n) is 3.97. The van der Waals surface area contributed by atoms with Crippen LogP contribution in [-0.2, 0) is 11.2 Å². The van der Waals surface area contributed by atoms with E-state index in [1.165, 1.54) is 0 Å². The van der Waals surface area contributed by atoms with Gasteiger partial charge in [-0.25, -0.2) is 4.79 Å². The van der Waals surface area contributed by atoms with Crippen LogP contribution in [-0.4, -0.2) is 71.2 Å². The third kappa shape index (κ3) is 4.54. The maximum absolute atomic E-state index is 12.2. The molecule has 6 nitrogen and oxygen atoms in total. The molecule has 6 heteroatoms. The number of amides is 1. The summed E-state index contributed by atoms with van der Waals surface area (Å²) in [5.74, 6) is -0.811. The van der Waals surface area contributed by atoms with Crippen molar-refractivity contribution in [1.82, 2.24) is 9.80 Å². The maximum Gasteiger partial charge on any atom is 0.335 e. The summed E-state index contributed by atoms with van der Waals surface area (Å²) in [5, 5.41) is 17.7. The van der Waals surface area contributed by atoms with E-state index in [0.29, 0.717) is 32.5 Å². The molecule has 0 unspecified atom stereocenters. The number of carbonyl (C=O) groups excluding carboxylic acids is 1. The largest absolute Gasteiger partial charge is 0.478 e. The highest BCUT2D eigenvalue weighted by atomic mass is 16.4. The average molecular weight is 306 g/mol. The predicted molar refractivity (Wildman–Crippen MR) is 81.8 cm³/mol. The number of aryl methyl sites for hydroxylation is 1. The fourth-order valence-electron chi connectivity index (χ4n) is 2.59. The Labute approximate surface area is 130 Å². The van der Waals surface area contributed by atoms with Gasteiger partial charge in [0.25, 0.3) is 0 Å². The van der Waals surface area contributed by atoms with E-state index in [9.17, 15) is 9.59 Å². The highest BCUT2D eigenvalue weighted by molar-refractivity contribution is 5.87. The third-order valence-corrected chi connectivity index (χ3v) is 3.97. The van der Waals surface area contributed by atoms with Crippen LogP contribution in [0.15, 0.2) is 24.3 Å². The fourth-order valence-corrected chi connectivity index (χ4v) is 2.59. The second kappa shape index (κ2) is 7.91. The van der Waals surface area contributed by atoms with Crippen molar-refractivity contribution in [1.29, 1.82) is 0 Å². The molecule has 1 saturated heterocycles. The highest BCUT2D eigenvalue weighted by Gasteiger charge is 2.20. The summed E-state index contributed by atoms with van der Waals surface area (Å²) in [7, 11) is 0. The highest BCUT2D eigenvalue weighted by Crippen LogP contribution is 2.09. The smallest absolute Gasteiger partial charge is 0.335 e. The van der Waals surface area contributed by atoms with Crippen molar-refractivity contribution in [3.05, 3.63) is 35.4 Å². The fraction of sp³-hybridized carbons (Fsp3) is 0.500. The molecule has 1 fully saturated rings. The van der Waals surface area contributed by atoms with Crippen LogP contribution < -0.4 is 0 Å². The number of benzene rings is 1. The van der Waals surface area contributed by atoms with Gasteiger partial charge in [0.2, 0.25) is 5.91 Å². The Bertz CT molecular complexity index is 507. The first-order valence-corrected chi connectivity index (χ1v) is 7.53. The van der Waals surface area contributed by atoms with Crippen molar-refractivity contribution < 1.29 is 19.8 Å². The first kappa shape index (κ1) is 16.5. The van der Waals surface area contributed by atoms with E-state index < -0.39 is 5.97 Å². The number of β-amino-alcohol motifs (C(OH)–C–C–N with tert-alkyl or cyclic N) is 1. The molecular weight excluding hydrogens is 284 g/mol. The van der Waals surface area contributed by atoms with Crippen LogP contribution in [0.1, 0.15) is 22.3 Å². The zero-order valence-corrected chi connectivity index (χ0v) is 12.6. The number of aliphatic hydroxyl groups is 1. The lowest BCUT2D eigenvalue weighted by atomic mass is 10.1. The van der Waals surface area contributed by atoms with E-state index in [1.807, 2.05) is 4.90 Å². The SMILES string of the molecule is O=C(O)c1ccc(CCC(=O)N2CCN(CCO)CC2)cc1. The Hall–Kier alpha value is -1.92. The summed E-state index contributed by atoms with van der Waals surface area (Å²) in [6.07, 6.45) is 1.06. The number of piperazine rings is 1. The van der Waals surface area contributed by atoms with Gasteiger partial charge < -0.3 is 15.1 Å². The van der Waals surface area contributed by atoms with Crippen LogP contribution >= 0.6 is 0 Å². The van der Waals surface area contributed by atoms with Crippen LogP contribution in [0.25, 0.3) is 0 Å². The van der Waals surface area contributed by atoms with E-state index in [0.717, 1.165) is 18.7 Å². The van der Waals surface area contributed by atoms with Crippen molar-refractivity contribution >= 4 is 11.9 Å². The molecule has 2 N–H and O–H groups in total. The molecule has 120 valence electrons. The molecule has 22 heavy (non-hydrogen) atoms. The molecule has 0 bridgehead atoms. The number of carboxylic acid groups (broad SMARTS) is 1. The van der Waals surface area contributed by atoms with E-state index in [2.05, 4.69) is 4.90 Å². The Morgan fingerprint density at radius 2 is 1.68 bits per heavy atom. The van der Waals surface area contributed by atoms with E-state index >= 15 is 0 Å². The molecule has 0 atom stereocenters. The van der Waals surface area contributed by atoms with Gasteiger partial charge in [0.1, 0.15) is 0 Å². The topological polar surface area (TPSA) is 81.1 Å². The minimum atomic E-state index is -0.941. The summed E-state index contributed by atoms with van der Waals surface area (Å²) in [6.45, 7) is 3.84. The van der Waals surface area contributed by atoms with Crippen molar-refractivity contribution in [2.75, 3.05) is 39.3 Å². The van der Waals surface area contributed by atoms with Gasteiger partial charge in [0.05, 0.1) is 12.2 Å².